The number of amides is 1. The molecule has 0 aromatic heterocycles. The Morgan fingerprint density at radius 3 is 2.24 bits per heavy atom. The molecule has 1 amide bonds. The van der Waals surface area contributed by atoms with E-state index in [2.05, 4.69) is 5.32 Å². The lowest BCUT2D eigenvalue weighted by Crippen LogP contribution is -2.66. The van der Waals surface area contributed by atoms with Crippen LogP contribution < -0.4 is 5.32 Å². The number of carbonyl (C=O) groups excluding carboxylic acids is 1. The van der Waals surface area contributed by atoms with Gasteiger partial charge < -0.3 is 50.2 Å². The fourth-order valence-corrected chi connectivity index (χ4v) is 2.92. The summed E-state index contributed by atoms with van der Waals surface area (Å²) in [5.41, 5.74) is 0. The highest BCUT2D eigenvalue weighted by Gasteiger charge is 2.50. The van der Waals surface area contributed by atoms with Crippen LogP contribution in [0.5, 0.6) is 0 Å². The third kappa shape index (κ3) is 4.27. The Morgan fingerprint density at radius 1 is 1.04 bits per heavy atom. The van der Waals surface area contributed by atoms with Crippen molar-refractivity contribution in [3.8, 4) is 0 Å². The summed E-state index contributed by atoms with van der Waals surface area (Å²) in [6.45, 7) is 2.01. The van der Waals surface area contributed by atoms with E-state index in [0.717, 1.165) is 0 Å². The first kappa shape index (κ1) is 20.4. The zero-order chi connectivity index (χ0) is 18.9. The Morgan fingerprint density at radius 2 is 1.68 bits per heavy atom. The van der Waals surface area contributed by atoms with E-state index in [1.807, 2.05) is 0 Å². The second-order valence-corrected chi connectivity index (χ2v) is 6.25. The van der Waals surface area contributed by atoms with Crippen LogP contribution in [0.15, 0.2) is 0 Å². The molecule has 11 nitrogen and oxygen atoms in total. The Bertz CT molecular complexity index is 465. The first-order valence-electron chi connectivity index (χ1n) is 7.92. The van der Waals surface area contributed by atoms with Crippen LogP contribution in [0.25, 0.3) is 0 Å². The lowest BCUT2D eigenvalue weighted by Gasteiger charge is -2.46. The molecule has 2 fully saturated rings. The normalized spacial score (nSPS) is 48.2. The number of aliphatic hydroxyl groups is 6. The number of ether oxygens (including phenoxy) is 3. The summed E-state index contributed by atoms with van der Waals surface area (Å²) in [6, 6.07) is -1.24. The van der Waals surface area contributed by atoms with Crippen LogP contribution in [0, 0.1) is 0 Å². The summed E-state index contributed by atoms with van der Waals surface area (Å²) in [5.74, 6) is -0.533. The highest BCUT2D eigenvalue weighted by atomic mass is 16.7. The maximum Gasteiger partial charge on any atom is 0.217 e. The molecule has 0 aromatic carbocycles. The van der Waals surface area contributed by atoms with Gasteiger partial charge in [0.2, 0.25) is 5.91 Å². The molecule has 11 heteroatoms. The smallest absolute Gasteiger partial charge is 0.217 e. The van der Waals surface area contributed by atoms with Crippen LogP contribution in [0.1, 0.15) is 13.8 Å². The molecule has 0 bridgehead atoms. The van der Waals surface area contributed by atoms with E-state index in [1.165, 1.54) is 13.8 Å². The van der Waals surface area contributed by atoms with Gasteiger partial charge >= 0.3 is 0 Å². The van der Waals surface area contributed by atoms with Gasteiger partial charge in [0, 0.05) is 6.92 Å². The van der Waals surface area contributed by atoms with Crippen molar-refractivity contribution in [2.45, 2.75) is 75.2 Å². The van der Waals surface area contributed by atoms with Crippen molar-refractivity contribution in [1.29, 1.82) is 0 Å². The molecule has 7 N–H and O–H groups in total. The molecule has 0 unspecified atom stereocenters. The fraction of sp³-hybridized carbons (Fsp3) is 0.929. The third-order valence-electron chi connectivity index (χ3n) is 4.34. The average molecular weight is 367 g/mol. The molecule has 0 aromatic rings. The number of hydrogen-bond donors (Lipinski definition) is 7. The minimum absolute atomic E-state index is 0.533. The number of carbonyl (C=O) groups is 1. The molecule has 2 saturated heterocycles. The summed E-state index contributed by atoms with van der Waals surface area (Å²) in [7, 11) is 0. The standard InChI is InChI=1S/C14H25NO10/c1-4-8(18)10(20)11(21)14(23-4)25-12-6(3-16)24-13(22)7(9(12)19)15-5(2)17/h4,6-14,16,18-22H,3H2,1-2H3,(H,15,17)/t4-,6-,7+,8+,9-,10+,11-,12+,13-,14+/m1/s1. The molecule has 0 radical (unpaired) electrons. The molecule has 2 rings (SSSR count). The first-order chi connectivity index (χ1) is 11.7. The predicted molar refractivity (Wildman–Crippen MR) is 78.8 cm³/mol. The molecular weight excluding hydrogens is 342 g/mol. The maximum atomic E-state index is 11.2. The summed E-state index contributed by atoms with van der Waals surface area (Å²) in [5, 5.41) is 61.5. The molecule has 2 aliphatic heterocycles. The van der Waals surface area contributed by atoms with Crippen molar-refractivity contribution in [1.82, 2.24) is 5.32 Å². The Hall–Kier alpha value is -0.890. The Labute approximate surface area is 143 Å². The first-order valence-corrected chi connectivity index (χ1v) is 7.92. The zero-order valence-electron chi connectivity index (χ0n) is 13.8. The van der Waals surface area contributed by atoms with Gasteiger partial charge in [-0.15, -0.1) is 0 Å². The highest BCUT2D eigenvalue weighted by Crippen LogP contribution is 2.28. The van der Waals surface area contributed by atoms with E-state index < -0.39 is 73.9 Å². The molecule has 2 heterocycles. The Balaban J connectivity index is 2.15. The largest absolute Gasteiger partial charge is 0.394 e. The summed E-state index contributed by atoms with van der Waals surface area (Å²) in [6.07, 6.45) is -12.3. The van der Waals surface area contributed by atoms with Crippen LogP contribution in [0.3, 0.4) is 0 Å². The molecular formula is C14H25NO10. The van der Waals surface area contributed by atoms with Crippen molar-refractivity contribution >= 4 is 5.91 Å². The van der Waals surface area contributed by atoms with Crippen LogP contribution in [-0.2, 0) is 19.0 Å². The van der Waals surface area contributed by atoms with E-state index in [-0.39, 0.29) is 0 Å². The molecule has 25 heavy (non-hydrogen) atoms. The number of nitrogens with one attached hydrogen (secondary N) is 1. The summed E-state index contributed by atoms with van der Waals surface area (Å²) in [4.78, 5) is 11.2. The average Bonchev–Trinajstić information content (AvgIpc) is 2.56. The number of rotatable bonds is 4. The van der Waals surface area contributed by atoms with Crippen molar-refractivity contribution in [3.05, 3.63) is 0 Å². The minimum atomic E-state index is -1.62. The second-order valence-electron chi connectivity index (χ2n) is 6.25. The SMILES string of the molecule is CC(=O)N[C@H]1[C@@H](O)[C@@H](O[C@@H]2O[C@H](C)[C@H](O)[C@H](O)[C@H]2O)[C@@H](CO)O[C@H]1O. The number of aliphatic hydroxyl groups excluding tert-OH is 6. The van der Waals surface area contributed by atoms with E-state index in [0.29, 0.717) is 0 Å². The number of hydrogen-bond acceptors (Lipinski definition) is 10. The topological polar surface area (TPSA) is 178 Å². The zero-order valence-corrected chi connectivity index (χ0v) is 13.8. The van der Waals surface area contributed by atoms with Gasteiger partial charge in [-0.25, -0.2) is 0 Å². The van der Waals surface area contributed by atoms with E-state index in [1.54, 1.807) is 0 Å². The van der Waals surface area contributed by atoms with Gasteiger partial charge in [-0.05, 0) is 6.92 Å². The van der Waals surface area contributed by atoms with Crippen molar-refractivity contribution in [2.75, 3.05) is 6.61 Å². The molecule has 0 saturated carbocycles. The van der Waals surface area contributed by atoms with Crippen LogP contribution in [0.4, 0.5) is 0 Å². The van der Waals surface area contributed by atoms with E-state index in [4.69, 9.17) is 14.2 Å². The molecule has 146 valence electrons. The van der Waals surface area contributed by atoms with Crippen LogP contribution >= 0.6 is 0 Å². The quantitative estimate of drug-likeness (QED) is 0.257. The summed E-state index contributed by atoms with van der Waals surface area (Å²) < 4.78 is 15.9. The fourth-order valence-electron chi connectivity index (χ4n) is 2.92. The van der Waals surface area contributed by atoms with Gasteiger partial charge in [-0.3, -0.25) is 4.79 Å². The lowest BCUT2D eigenvalue weighted by molar-refractivity contribution is -0.341. The van der Waals surface area contributed by atoms with Crippen molar-refractivity contribution in [3.63, 3.8) is 0 Å². The highest BCUT2D eigenvalue weighted by molar-refractivity contribution is 5.73. The van der Waals surface area contributed by atoms with Gasteiger partial charge in [0.1, 0.15) is 42.7 Å². The predicted octanol–water partition coefficient (Wildman–Crippen LogP) is -4.23. The Kier molecular flexibility index (Phi) is 6.70. The van der Waals surface area contributed by atoms with Crippen LogP contribution in [-0.4, -0.2) is 105 Å². The molecule has 10 atom stereocenters. The third-order valence-corrected chi connectivity index (χ3v) is 4.34. The van der Waals surface area contributed by atoms with Crippen molar-refractivity contribution in [2.24, 2.45) is 0 Å². The lowest BCUT2D eigenvalue weighted by atomic mass is 9.95. The molecule has 0 spiro atoms. The molecule has 2 aliphatic rings. The maximum absolute atomic E-state index is 11.2. The van der Waals surface area contributed by atoms with Gasteiger partial charge in [0.25, 0.3) is 0 Å². The van der Waals surface area contributed by atoms with Gasteiger partial charge in [-0.1, -0.05) is 0 Å². The van der Waals surface area contributed by atoms with E-state index >= 15 is 0 Å². The molecule has 0 aliphatic carbocycles. The van der Waals surface area contributed by atoms with Gasteiger partial charge in [-0.2, -0.15) is 0 Å². The van der Waals surface area contributed by atoms with Crippen LogP contribution in [0.2, 0.25) is 0 Å². The van der Waals surface area contributed by atoms with Gasteiger partial charge in [0.05, 0.1) is 12.7 Å². The van der Waals surface area contributed by atoms with E-state index in [9.17, 15) is 35.4 Å². The van der Waals surface area contributed by atoms with Crippen molar-refractivity contribution < 1.29 is 49.6 Å². The monoisotopic (exact) mass is 367 g/mol. The second kappa shape index (κ2) is 8.20. The van der Waals surface area contributed by atoms with Gasteiger partial charge in [0.15, 0.2) is 12.6 Å². The minimum Gasteiger partial charge on any atom is -0.394 e. The summed E-state index contributed by atoms with van der Waals surface area (Å²) >= 11 is 0.